The third kappa shape index (κ3) is 3.21. The second-order valence-corrected chi connectivity index (χ2v) is 5.66. The molecule has 23 heavy (non-hydrogen) atoms. The van der Waals surface area contributed by atoms with Crippen LogP contribution in [0, 0.1) is 5.92 Å². The Kier molecular flexibility index (Phi) is 4.32. The summed E-state index contributed by atoms with van der Waals surface area (Å²) in [6.45, 7) is 0. The summed E-state index contributed by atoms with van der Waals surface area (Å²) in [6, 6.07) is 13.6. The first kappa shape index (κ1) is 15.5. The maximum atomic E-state index is 12.4. The highest BCUT2D eigenvalue weighted by Gasteiger charge is 2.35. The predicted octanol–water partition coefficient (Wildman–Crippen LogP) is 3.58. The molecular formula is C16H11Cl2N3O2. The van der Waals surface area contributed by atoms with Crippen LogP contribution in [0.3, 0.4) is 0 Å². The van der Waals surface area contributed by atoms with Gasteiger partial charge in [-0.15, -0.1) is 0 Å². The van der Waals surface area contributed by atoms with E-state index in [9.17, 15) is 9.59 Å². The van der Waals surface area contributed by atoms with Gasteiger partial charge in [-0.05, 0) is 30.3 Å². The van der Waals surface area contributed by atoms with Crippen molar-refractivity contribution in [2.75, 3.05) is 10.3 Å². The molecule has 1 aliphatic rings. The second-order valence-electron chi connectivity index (χ2n) is 4.85. The summed E-state index contributed by atoms with van der Waals surface area (Å²) in [6.07, 6.45) is 1.32. The summed E-state index contributed by atoms with van der Waals surface area (Å²) in [4.78, 5) is 24.6. The normalized spacial score (nSPS) is 16.7. The maximum absolute atomic E-state index is 12.4. The number of hydrazone groups is 1. The molecule has 0 radical (unpaired) electrons. The van der Waals surface area contributed by atoms with Crippen molar-refractivity contribution in [3.05, 3.63) is 58.6 Å². The summed E-state index contributed by atoms with van der Waals surface area (Å²) in [5.74, 6) is -1.87. The minimum atomic E-state index is -0.982. The molecule has 0 bridgehead atoms. The zero-order chi connectivity index (χ0) is 16.4. The highest BCUT2D eigenvalue weighted by molar-refractivity contribution is 6.42. The zero-order valence-corrected chi connectivity index (χ0v) is 13.3. The fourth-order valence-electron chi connectivity index (χ4n) is 2.12. The van der Waals surface area contributed by atoms with Crippen molar-refractivity contribution in [2.24, 2.45) is 11.0 Å². The first-order chi connectivity index (χ1) is 11.1. The maximum Gasteiger partial charge on any atom is 0.265 e. The molecule has 1 heterocycles. The Balaban J connectivity index is 1.73. The number of carbonyl (C=O) groups excluding carboxylic acids is 2. The van der Waals surface area contributed by atoms with Gasteiger partial charge in [0.1, 0.15) is 0 Å². The van der Waals surface area contributed by atoms with Gasteiger partial charge in [0.2, 0.25) is 5.91 Å². The number of nitrogens with one attached hydrogen (secondary N) is 1. The smallest absolute Gasteiger partial charge is 0.265 e. The molecule has 1 unspecified atom stereocenters. The minimum Gasteiger partial charge on any atom is -0.325 e. The summed E-state index contributed by atoms with van der Waals surface area (Å²) >= 11 is 11.7. The Hall–Kier alpha value is -2.37. The lowest BCUT2D eigenvalue weighted by Crippen LogP contribution is -2.34. The van der Waals surface area contributed by atoms with E-state index in [1.54, 1.807) is 36.4 Å². The fraction of sp³-hybridized carbons (Fsp3) is 0.0625. The van der Waals surface area contributed by atoms with Crippen molar-refractivity contribution in [2.45, 2.75) is 0 Å². The van der Waals surface area contributed by atoms with Gasteiger partial charge in [0, 0.05) is 11.9 Å². The van der Waals surface area contributed by atoms with Crippen LogP contribution in [-0.2, 0) is 9.59 Å². The summed E-state index contributed by atoms with van der Waals surface area (Å²) in [5, 5.41) is 8.56. The molecule has 0 saturated heterocycles. The van der Waals surface area contributed by atoms with Gasteiger partial charge in [0.05, 0.1) is 15.7 Å². The average molecular weight is 348 g/mol. The van der Waals surface area contributed by atoms with Crippen LogP contribution in [0.4, 0.5) is 11.4 Å². The van der Waals surface area contributed by atoms with E-state index < -0.39 is 17.7 Å². The number of nitrogens with zero attached hydrogens (tertiary/aromatic N) is 2. The van der Waals surface area contributed by atoms with E-state index in [1.807, 2.05) is 6.07 Å². The Morgan fingerprint density at radius 3 is 2.52 bits per heavy atom. The molecule has 1 N–H and O–H groups in total. The van der Waals surface area contributed by atoms with Crippen molar-refractivity contribution < 1.29 is 9.59 Å². The van der Waals surface area contributed by atoms with Crippen molar-refractivity contribution in [1.29, 1.82) is 0 Å². The summed E-state index contributed by atoms with van der Waals surface area (Å²) in [7, 11) is 0. The van der Waals surface area contributed by atoms with Gasteiger partial charge < -0.3 is 5.32 Å². The number of amides is 2. The molecule has 2 aromatic rings. The molecular weight excluding hydrogens is 337 g/mol. The van der Waals surface area contributed by atoms with E-state index in [4.69, 9.17) is 23.2 Å². The molecule has 0 spiro atoms. The quantitative estimate of drug-likeness (QED) is 0.862. The lowest BCUT2D eigenvalue weighted by Gasteiger charge is -2.14. The number of halogens is 2. The predicted molar refractivity (Wildman–Crippen MR) is 91.0 cm³/mol. The van der Waals surface area contributed by atoms with Gasteiger partial charge in [-0.2, -0.15) is 5.10 Å². The van der Waals surface area contributed by atoms with Crippen molar-refractivity contribution in [1.82, 2.24) is 0 Å². The van der Waals surface area contributed by atoms with Crippen molar-refractivity contribution >= 4 is 52.6 Å². The number of anilines is 2. The van der Waals surface area contributed by atoms with Gasteiger partial charge in [0.15, 0.2) is 5.92 Å². The third-order valence-electron chi connectivity index (χ3n) is 3.28. The van der Waals surface area contributed by atoms with Crippen LogP contribution in [0.1, 0.15) is 0 Å². The molecule has 116 valence electrons. The molecule has 3 rings (SSSR count). The van der Waals surface area contributed by atoms with E-state index in [2.05, 4.69) is 10.4 Å². The average Bonchev–Trinajstić information content (AvgIpc) is 2.93. The monoisotopic (exact) mass is 347 g/mol. The van der Waals surface area contributed by atoms with Gasteiger partial charge in [-0.25, -0.2) is 5.01 Å². The number of rotatable bonds is 3. The highest BCUT2D eigenvalue weighted by Crippen LogP contribution is 2.26. The van der Waals surface area contributed by atoms with Gasteiger partial charge in [0.25, 0.3) is 5.91 Å². The molecule has 0 aromatic heterocycles. The highest BCUT2D eigenvalue weighted by atomic mass is 35.5. The zero-order valence-electron chi connectivity index (χ0n) is 11.7. The van der Waals surface area contributed by atoms with Crippen LogP contribution in [-0.4, -0.2) is 18.0 Å². The molecule has 1 aliphatic heterocycles. The van der Waals surface area contributed by atoms with Crippen LogP contribution >= 0.6 is 23.2 Å². The van der Waals surface area contributed by atoms with Gasteiger partial charge >= 0.3 is 0 Å². The van der Waals surface area contributed by atoms with Crippen LogP contribution in [0.25, 0.3) is 0 Å². The van der Waals surface area contributed by atoms with E-state index >= 15 is 0 Å². The minimum absolute atomic E-state index is 0.321. The molecule has 5 nitrogen and oxygen atoms in total. The van der Waals surface area contributed by atoms with Crippen LogP contribution in [0.15, 0.2) is 53.6 Å². The number of benzene rings is 2. The number of carbonyl (C=O) groups is 2. The molecule has 7 heteroatoms. The van der Waals surface area contributed by atoms with Crippen LogP contribution < -0.4 is 10.3 Å². The van der Waals surface area contributed by atoms with E-state index in [1.165, 1.54) is 17.3 Å². The van der Waals surface area contributed by atoms with Crippen molar-refractivity contribution in [3.8, 4) is 0 Å². The van der Waals surface area contributed by atoms with Gasteiger partial charge in [-0.1, -0.05) is 41.4 Å². The number of hydrogen-bond acceptors (Lipinski definition) is 3. The second kappa shape index (κ2) is 6.40. The Bertz CT molecular complexity index is 793. The Morgan fingerprint density at radius 2 is 1.83 bits per heavy atom. The SMILES string of the molecule is O=C(Nc1ccc(Cl)c(Cl)c1)C1C=NN(c2ccccc2)C1=O. The molecule has 1 atom stereocenters. The number of para-hydroxylation sites is 1. The van der Waals surface area contributed by atoms with Gasteiger partial charge in [-0.3, -0.25) is 9.59 Å². The molecule has 0 saturated carbocycles. The fourth-order valence-corrected chi connectivity index (χ4v) is 2.42. The van der Waals surface area contributed by atoms with Crippen LogP contribution in [0.2, 0.25) is 10.0 Å². The van der Waals surface area contributed by atoms with Crippen LogP contribution in [0.5, 0.6) is 0 Å². The summed E-state index contributed by atoms with van der Waals surface area (Å²) < 4.78 is 0. The first-order valence-electron chi connectivity index (χ1n) is 6.75. The summed E-state index contributed by atoms with van der Waals surface area (Å²) in [5.41, 5.74) is 1.07. The van der Waals surface area contributed by atoms with E-state index in [0.29, 0.717) is 21.4 Å². The third-order valence-corrected chi connectivity index (χ3v) is 4.02. The first-order valence-corrected chi connectivity index (χ1v) is 7.51. The molecule has 0 aliphatic carbocycles. The standard InChI is InChI=1S/C16H11Cl2N3O2/c17-13-7-6-10(8-14(13)18)20-15(22)12-9-19-21(16(12)23)11-4-2-1-3-5-11/h1-9,12H,(H,20,22). The number of hydrogen-bond donors (Lipinski definition) is 1. The lowest BCUT2D eigenvalue weighted by atomic mass is 10.1. The molecule has 2 amide bonds. The molecule has 2 aromatic carbocycles. The Morgan fingerprint density at radius 1 is 1.09 bits per heavy atom. The largest absolute Gasteiger partial charge is 0.325 e. The Labute approximate surface area is 142 Å². The topological polar surface area (TPSA) is 61.8 Å². The molecule has 0 fully saturated rings. The van der Waals surface area contributed by atoms with E-state index in [-0.39, 0.29) is 0 Å². The van der Waals surface area contributed by atoms with E-state index in [0.717, 1.165) is 0 Å². The lowest BCUT2D eigenvalue weighted by molar-refractivity contribution is -0.127. The van der Waals surface area contributed by atoms with Crippen molar-refractivity contribution in [3.63, 3.8) is 0 Å².